The second-order valence-corrected chi connectivity index (χ2v) is 26.3. The molecule has 0 spiro atoms. The number of rotatable bonds is 19. The van der Waals surface area contributed by atoms with Crippen LogP contribution in [0.1, 0.15) is 216 Å². The molecular formula is C59H95N2O8Zn+. The van der Waals surface area contributed by atoms with Crippen LogP contribution >= 0.6 is 0 Å². The van der Waals surface area contributed by atoms with Gasteiger partial charge in [0.2, 0.25) is 0 Å². The van der Waals surface area contributed by atoms with E-state index >= 15 is 9.59 Å². The molecule has 3 aliphatic rings. The molecule has 1 aromatic rings. The average molecular weight is 1030 g/mol. The van der Waals surface area contributed by atoms with E-state index in [1.54, 1.807) is 14.2 Å². The molecule has 4 rings (SSSR count). The molecule has 2 fully saturated rings. The topological polar surface area (TPSA) is 132 Å². The number of nitrogens with zero attached hydrogens (tertiary/aromatic N) is 2. The summed E-state index contributed by atoms with van der Waals surface area (Å²) >= 11 is 0. The third-order valence-electron chi connectivity index (χ3n) is 15.5. The Labute approximate surface area is 437 Å². The Balaban J connectivity index is 0.0000130. The fraction of sp³-hybridized carbons (Fsp3) is 0.780. The standard InChI is InChI=1S/C59H96N2O8.Zn/c1-34(2)48-46(60-44(31-38(62)23-21-25-66-19)50(48)54(64)68-52-40(56(7,8)9)27-36(5)28-41(52)57(10,11)12)33-47-49(35(3)4)51(45(61-47)32-39(63)24-22-26-67-20)55(65)69-53-42(58(13,14)15)29-37(6)30-43(53)59(16,17)18;/h33-37,40-43,52-53H,21-32H2,1-20H3,(H,60,61,64,65);/q;+2/p-1. The van der Waals surface area contributed by atoms with Crippen molar-refractivity contribution in [3.05, 3.63) is 39.4 Å². The fourth-order valence-electron chi connectivity index (χ4n) is 11.8. The van der Waals surface area contributed by atoms with Crippen LogP contribution in [0.15, 0.2) is 21.8 Å². The molecular weight excluding hydrogens is 930 g/mol. The Hall–Kier alpha value is -2.75. The van der Waals surface area contributed by atoms with Crippen molar-refractivity contribution in [2.45, 2.75) is 207 Å². The number of methoxy groups -OCH3 is 2. The van der Waals surface area contributed by atoms with Crippen LogP contribution in [0.3, 0.4) is 0 Å². The summed E-state index contributed by atoms with van der Waals surface area (Å²) in [6, 6.07) is 0. The van der Waals surface area contributed by atoms with Crippen molar-refractivity contribution < 1.29 is 57.6 Å². The summed E-state index contributed by atoms with van der Waals surface area (Å²) in [7, 11) is 3.24. The number of carbonyl (C=O) groups is 4. The first kappa shape index (κ1) is 61.6. The molecule has 70 heavy (non-hydrogen) atoms. The van der Waals surface area contributed by atoms with E-state index in [9.17, 15) is 9.59 Å². The molecule has 11 heteroatoms. The van der Waals surface area contributed by atoms with Crippen molar-refractivity contribution in [3.63, 3.8) is 0 Å². The summed E-state index contributed by atoms with van der Waals surface area (Å²) in [5, 5.41) is 0. The maximum Gasteiger partial charge on any atom is 2.00 e. The summed E-state index contributed by atoms with van der Waals surface area (Å²) in [6.45, 7) is 40.5. The van der Waals surface area contributed by atoms with Gasteiger partial charge in [0.25, 0.3) is 0 Å². The minimum absolute atomic E-state index is 0. The van der Waals surface area contributed by atoms with Crippen LogP contribution in [0.25, 0.3) is 6.08 Å². The van der Waals surface area contributed by atoms with E-state index in [4.69, 9.17) is 28.9 Å². The number of ether oxygens (including phenoxy) is 4. The molecule has 4 unspecified atom stereocenters. The van der Waals surface area contributed by atoms with E-state index in [-0.39, 0.29) is 126 Å². The first-order valence-electron chi connectivity index (χ1n) is 26.5. The largest absolute Gasteiger partial charge is 2.00 e. The van der Waals surface area contributed by atoms with Crippen molar-refractivity contribution >= 4 is 35.3 Å². The molecule has 0 saturated heterocycles. The molecule has 0 radical (unpaired) electrons. The molecule has 0 amide bonds. The third kappa shape index (κ3) is 15.6. The number of aromatic nitrogens is 1. The average Bonchev–Trinajstić information content (AvgIpc) is 3.74. The molecule has 4 atom stereocenters. The number of hydrogen-bond acceptors (Lipinski definition) is 9. The van der Waals surface area contributed by atoms with Gasteiger partial charge in [0.05, 0.1) is 17.0 Å². The second-order valence-electron chi connectivity index (χ2n) is 26.3. The molecule has 10 nitrogen and oxygen atoms in total. The maximum atomic E-state index is 15.2. The number of hydrogen-bond donors (Lipinski definition) is 0. The third-order valence-corrected chi connectivity index (χ3v) is 15.5. The van der Waals surface area contributed by atoms with E-state index in [1.165, 1.54) is 0 Å². The Morgan fingerprint density at radius 3 is 1.40 bits per heavy atom. The maximum absolute atomic E-state index is 15.2. The molecule has 2 saturated carbocycles. The van der Waals surface area contributed by atoms with Crippen LogP contribution in [0.5, 0.6) is 0 Å². The molecule has 1 aliphatic heterocycles. The van der Waals surface area contributed by atoms with Gasteiger partial charge < -0.3 is 23.9 Å². The van der Waals surface area contributed by atoms with Crippen LogP contribution in [0.2, 0.25) is 0 Å². The molecule has 390 valence electrons. The number of esters is 2. The number of Topliss-reactive ketones (excluding diaryl/α,β-unsaturated/α-hetero) is 2. The van der Waals surface area contributed by atoms with Crippen molar-refractivity contribution in [3.8, 4) is 0 Å². The summed E-state index contributed by atoms with van der Waals surface area (Å²) in [5.41, 5.74) is 3.35. The summed E-state index contributed by atoms with van der Waals surface area (Å²) in [5.74, 6) is 0.0456. The quantitative estimate of drug-likeness (QED) is 0.0755. The van der Waals surface area contributed by atoms with Gasteiger partial charge in [0.15, 0.2) is 0 Å². The van der Waals surface area contributed by atoms with Gasteiger partial charge in [-0.05, 0) is 95.0 Å². The van der Waals surface area contributed by atoms with Gasteiger partial charge in [-0.1, -0.05) is 131 Å². The van der Waals surface area contributed by atoms with Crippen molar-refractivity contribution in [2.24, 2.45) is 68.1 Å². The zero-order chi connectivity index (χ0) is 52.1. The number of aliphatic imine (C=N–C) groups is 1. The monoisotopic (exact) mass is 1020 g/mol. The summed E-state index contributed by atoms with van der Waals surface area (Å²) in [4.78, 5) is 68.3. The van der Waals surface area contributed by atoms with E-state index in [1.807, 2.05) is 33.8 Å². The Morgan fingerprint density at radius 1 is 0.629 bits per heavy atom. The van der Waals surface area contributed by atoms with Crippen LogP contribution in [0.4, 0.5) is 0 Å². The van der Waals surface area contributed by atoms with Gasteiger partial charge in [-0.15, -0.1) is 11.4 Å². The van der Waals surface area contributed by atoms with Gasteiger partial charge in [-0.25, -0.2) is 9.59 Å². The van der Waals surface area contributed by atoms with Gasteiger partial charge in [0, 0.05) is 82.4 Å². The van der Waals surface area contributed by atoms with E-state index in [2.05, 4.69) is 96.9 Å². The summed E-state index contributed by atoms with van der Waals surface area (Å²) < 4.78 is 24.3. The number of allylic oxidation sites excluding steroid dienone is 1. The second kappa shape index (κ2) is 25.0. The molecule has 0 bridgehead atoms. The van der Waals surface area contributed by atoms with Crippen molar-refractivity contribution in [2.75, 3.05) is 27.4 Å². The SMILES string of the molecule is COCCCC(=O)CC1=N/C(=C\c2[n-]c(CC(=O)CCCOC)c(C(=O)OC3C(C(C)(C)C)CC(C)CC3C(C)(C)C)c2C(C)C)C(C(C)C)=C1C(=O)OC1C(C(C)(C)C)CC(C)CC1C(C)(C)C.[Zn+2]. The predicted molar refractivity (Wildman–Crippen MR) is 279 cm³/mol. The van der Waals surface area contributed by atoms with Gasteiger partial charge in [-0.3, -0.25) is 14.6 Å². The first-order chi connectivity index (χ1) is 31.8. The molecule has 0 aromatic carbocycles. The molecule has 2 aliphatic carbocycles. The normalized spacial score (nSPS) is 25.3. The smallest absolute Gasteiger partial charge is 0.660 e. The van der Waals surface area contributed by atoms with Gasteiger partial charge >= 0.3 is 31.4 Å². The minimum atomic E-state index is -0.455. The van der Waals surface area contributed by atoms with Crippen LogP contribution < -0.4 is 4.98 Å². The summed E-state index contributed by atoms with van der Waals surface area (Å²) in [6.07, 6.45) is 6.58. The Morgan fingerprint density at radius 2 is 1.03 bits per heavy atom. The van der Waals surface area contributed by atoms with Gasteiger partial charge in [0.1, 0.15) is 23.8 Å². The van der Waals surface area contributed by atoms with Gasteiger partial charge in [-0.2, -0.15) is 0 Å². The first-order valence-corrected chi connectivity index (χ1v) is 26.5. The minimum Gasteiger partial charge on any atom is -0.660 e. The fourth-order valence-corrected chi connectivity index (χ4v) is 11.8. The zero-order valence-electron chi connectivity index (χ0n) is 47.7. The number of ketones is 2. The van der Waals surface area contributed by atoms with Crippen LogP contribution in [-0.2, 0) is 59.2 Å². The van der Waals surface area contributed by atoms with Crippen molar-refractivity contribution in [1.29, 1.82) is 0 Å². The van der Waals surface area contributed by atoms with E-state index < -0.39 is 11.9 Å². The Bertz CT molecular complexity index is 2010. The van der Waals surface area contributed by atoms with E-state index in [0.717, 1.165) is 25.7 Å². The molecule has 1 aromatic heterocycles. The van der Waals surface area contributed by atoms with Crippen LogP contribution in [-0.4, -0.2) is 68.9 Å². The Kier molecular flexibility index (Phi) is 22.0. The van der Waals surface area contributed by atoms with E-state index in [0.29, 0.717) is 83.0 Å². The predicted octanol–water partition coefficient (Wildman–Crippen LogP) is 13.4. The van der Waals surface area contributed by atoms with Crippen LogP contribution in [0, 0.1) is 63.1 Å². The van der Waals surface area contributed by atoms with Crippen molar-refractivity contribution in [1.82, 2.24) is 4.98 Å². The zero-order valence-corrected chi connectivity index (χ0v) is 50.7. The number of carbonyl (C=O) groups excluding carboxylic acids is 4. The molecule has 0 N–H and O–H groups in total. The molecule has 2 heterocycles.